The minimum Gasteiger partial charge on any atom is -0.406 e. The van der Waals surface area contributed by atoms with Crippen molar-refractivity contribution in [1.29, 1.82) is 0 Å². The maximum Gasteiger partial charge on any atom is 0.573 e. The van der Waals surface area contributed by atoms with Gasteiger partial charge in [0, 0.05) is 6.04 Å². The van der Waals surface area contributed by atoms with Gasteiger partial charge in [0.15, 0.2) is 0 Å². The summed E-state index contributed by atoms with van der Waals surface area (Å²) in [6.45, 7) is 2.10. The van der Waals surface area contributed by atoms with E-state index in [0.717, 1.165) is 24.8 Å². The number of hydrogen-bond donors (Lipinski definition) is 1. The highest BCUT2D eigenvalue weighted by Gasteiger charge is 2.31. The van der Waals surface area contributed by atoms with Crippen molar-refractivity contribution >= 4 is 0 Å². The zero-order chi connectivity index (χ0) is 13.6. The molecule has 1 atom stereocenters. The van der Waals surface area contributed by atoms with E-state index in [1.54, 1.807) is 12.1 Å². The molecule has 18 heavy (non-hydrogen) atoms. The molecule has 0 saturated heterocycles. The van der Waals surface area contributed by atoms with Crippen LogP contribution in [0.2, 0.25) is 0 Å². The van der Waals surface area contributed by atoms with Crippen LogP contribution < -0.4 is 10.1 Å². The Kier molecular flexibility index (Phi) is 5.47. The third-order valence-electron chi connectivity index (χ3n) is 2.71. The number of halogens is 3. The molecule has 0 saturated carbocycles. The number of ether oxygens (including phenoxy) is 1. The van der Waals surface area contributed by atoms with Gasteiger partial charge in [0.25, 0.3) is 0 Å². The first kappa shape index (κ1) is 14.8. The van der Waals surface area contributed by atoms with Gasteiger partial charge in [0.1, 0.15) is 5.75 Å². The molecule has 0 spiro atoms. The molecule has 1 rings (SSSR count). The van der Waals surface area contributed by atoms with E-state index in [-0.39, 0.29) is 11.8 Å². The van der Waals surface area contributed by atoms with Crippen LogP contribution in [0.3, 0.4) is 0 Å². The van der Waals surface area contributed by atoms with Crippen molar-refractivity contribution in [2.75, 3.05) is 7.05 Å². The lowest BCUT2D eigenvalue weighted by atomic mass is 10.0. The van der Waals surface area contributed by atoms with Crippen LogP contribution in [0.4, 0.5) is 13.2 Å². The molecule has 0 radical (unpaired) electrons. The minimum atomic E-state index is -4.63. The molecule has 0 heterocycles. The van der Waals surface area contributed by atoms with Crippen LogP contribution in [-0.2, 0) is 0 Å². The van der Waals surface area contributed by atoms with Crippen LogP contribution in [0.5, 0.6) is 5.75 Å². The van der Waals surface area contributed by atoms with Crippen molar-refractivity contribution in [2.45, 2.75) is 38.6 Å². The van der Waals surface area contributed by atoms with Crippen molar-refractivity contribution in [1.82, 2.24) is 5.32 Å². The fraction of sp³-hybridized carbons (Fsp3) is 0.538. The number of nitrogens with one attached hydrogen (secondary N) is 1. The zero-order valence-corrected chi connectivity index (χ0v) is 10.6. The van der Waals surface area contributed by atoms with E-state index in [1.807, 2.05) is 7.05 Å². The van der Waals surface area contributed by atoms with E-state index in [0.29, 0.717) is 0 Å². The summed E-state index contributed by atoms with van der Waals surface area (Å²) in [5.74, 6) is -0.184. The first-order valence-corrected chi connectivity index (χ1v) is 5.99. The molecule has 0 fully saturated rings. The number of alkyl halides is 3. The van der Waals surface area contributed by atoms with Crippen LogP contribution in [-0.4, -0.2) is 13.4 Å². The summed E-state index contributed by atoms with van der Waals surface area (Å²) in [5, 5.41) is 3.16. The fourth-order valence-corrected chi connectivity index (χ4v) is 1.79. The Hall–Kier alpha value is -1.23. The molecule has 2 nitrogen and oxygen atoms in total. The van der Waals surface area contributed by atoms with E-state index < -0.39 is 6.36 Å². The van der Waals surface area contributed by atoms with Gasteiger partial charge in [-0.05, 0) is 31.2 Å². The molecule has 1 unspecified atom stereocenters. The maximum atomic E-state index is 12.0. The van der Waals surface area contributed by atoms with E-state index in [2.05, 4.69) is 17.0 Å². The SMILES string of the molecule is CCCCC(NC)c1ccc(OC(F)(F)F)cc1. The van der Waals surface area contributed by atoms with Gasteiger partial charge in [-0.25, -0.2) is 0 Å². The number of rotatable bonds is 6. The molecule has 0 aromatic heterocycles. The fourth-order valence-electron chi connectivity index (χ4n) is 1.79. The largest absolute Gasteiger partial charge is 0.573 e. The van der Waals surface area contributed by atoms with Gasteiger partial charge < -0.3 is 10.1 Å². The maximum absolute atomic E-state index is 12.0. The Morgan fingerprint density at radius 1 is 1.22 bits per heavy atom. The highest BCUT2D eigenvalue weighted by molar-refractivity contribution is 5.29. The Bertz CT molecular complexity index is 348. The van der Waals surface area contributed by atoms with Crippen LogP contribution >= 0.6 is 0 Å². The highest BCUT2D eigenvalue weighted by atomic mass is 19.4. The lowest BCUT2D eigenvalue weighted by Crippen LogP contribution is -2.18. The van der Waals surface area contributed by atoms with Gasteiger partial charge >= 0.3 is 6.36 Å². The second-order valence-corrected chi connectivity index (χ2v) is 4.10. The predicted molar refractivity (Wildman–Crippen MR) is 64.5 cm³/mol. The lowest BCUT2D eigenvalue weighted by molar-refractivity contribution is -0.274. The average Bonchev–Trinajstić information content (AvgIpc) is 2.30. The summed E-state index contributed by atoms with van der Waals surface area (Å²) in [7, 11) is 1.85. The standard InChI is InChI=1S/C13H18F3NO/c1-3-4-5-12(17-2)10-6-8-11(9-7-10)18-13(14,15)16/h6-9,12,17H,3-5H2,1-2H3. The van der Waals surface area contributed by atoms with E-state index >= 15 is 0 Å². The molecular formula is C13H18F3NO. The molecule has 5 heteroatoms. The molecule has 1 N–H and O–H groups in total. The summed E-state index contributed by atoms with van der Waals surface area (Å²) in [4.78, 5) is 0. The summed E-state index contributed by atoms with van der Waals surface area (Å²) in [6, 6.07) is 6.19. The average molecular weight is 261 g/mol. The van der Waals surface area contributed by atoms with E-state index in [9.17, 15) is 13.2 Å². The Balaban J connectivity index is 2.68. The Labute approximate surface area is 105 Å². The number of benzene rings is 1. The van der Waals surface area contributed by atoms with E-state index in [4.69, 9.17) is 0 Å². The zero-order valence-electron chi connectivity index (χ0n) is 10.6. The van der Waals surface area contributed by atoms with Crippen molar-refractivity contribution in [3.63, 3.8) is 0 Å². The predicted octanol–water partition coefficient (Wildman–Crippen LogP) is 4.04. The molecular weight excluding hydrogens is 243 g/mol. The molecule has 0 aliphatic rings. The molecule has 102 valence electrons. The monoisotopic (exact) mass is 261 g/mol. The molecule has 0 bridgehead atoms. The van der Waals surface area contributed by atoms with Crippen molar-refractivity contribution < 1.29 is 17.9 Å². The second-order valence-electron chi connectivity index (χ2n) is 4.10. The first-order valence-electron chi connectivity index (χ1n) is 5.99. The van der Waals surface area contributed by atoms with Gasteiger partial charge in [-0.2, -0.15) is 0 Å². The highest BCUT2D eigenvalue weighted by Crippen LogP contribution is 2.25. The van der Waals surface area contributed by atoms with Crippen molar-refractivity contribution in [3.05, 3.63) is 29.8 Å². The quantitative estimate of drug-likeness (QED) is 0.834. The van der Waals surface area contributed by atoms with Crippen LogP contribution in [0.25, 0.3) is 0 Å². The molecule has 0 aliphatic heterocycles. The van der Waals surface area contributed by atoms with E-state index in [1.165, 1.54) is 12.1 Å². The van der Waals surface area contributed by atoms with Crippen molar-refractivity contribution in [3.8, 4) is 5.75 Å². The van der Waals surface area contributed by atoms with Crippen LogP contribution in [0.1, 0.15) is 37.8 Å². The lowest BCUT2D eigenvalue weighted by Gasteiger charge is -2.17. The van der Waals surface area contributed by atoms with Crippen molar-refractivity contribution in [2.24, 2.45) is 0 Å². The molecule has 0 aliphatic carbocycles. The van der Waals surface area contributed by atoms with Gasteiger partial charge in [0.2, 0.25) is 0 Å². The molecule has 1 aromatic carbocycles. The molecule has 0 amide bonds. The third-order valence-corrected chi connectivity index (χ3v) is 2.71. The second kappa shape index (κ2) is 6.64. The summed E-state index contributed by atoms with van der Waals surface area (Å²) >= 11 is 0. The van der Waals surface area contributed by atoms with Crippen LogP contribution in [0, 0.1) is 0 Å². The summed E-state index contributed by atoms with van der Waals surface area (Å²) in [5.41, 5.74) is 0.973. The van der Waals surface area contributed by atoms with Gasteiger partial charge in [-0.15, -0.1) is 13.2 Å². The van der Waals surface area contributed by atoms with Gasteiger partial charge in [-0.1, -0.05) is 31.9 Å². The normalized spacial score (nSPS) is 13.4. The summed E-state index contributed by atoms with van der Waals surface area (Å²) in [6.07, 6.45) is -1.50. The molecule has 1 aromatic rings. The Morgan fingerprint density at radius 3 is 2.28 bits per heavy atom. The Morgan fingerprint density at radius 2 is 1.83 bits per heavy atom. The summed E-state index contributed by atoms with van der Waals surface area (Å²) < 4.78 is 39.8. The smallest absolute Gasteiger partial charge is 0.406 e. The topological polar surface area (TPSA) is 21.3 Å². The number of unbranched alkanes of at least 4 members (excludes halogenated alkanes) is 1. The minimum absolute atomic E-state index is 0.171. The van der Waals surface area contributed by atoms with Gasteiger partial charge in [0.05, 0.1) is 0 Å². The van der Waals surface area contributed by atoms with Crippen LogP contribution in [0.15, 0.2) is 24.3 Å². The van der Waals surface area contributed by atoms with Gasteiger partial charge in [-0.3, -0.25) is 0 Å². The third kappa shape index (κ3) is 4.96. The first-order chi connectivity index (χ1) is 8.46. The number of hydrogen-bond acceptors (Lipinski definition) is 2.